The molecule has 0 N–H and O–H groups in total. The van der Waals surface area contributed by atoms with Crippen molar-refractivity contribution < 1.29 is 9.53 Å². The maximum absolute atomic E-state index is 12.5. The van der Waals surface area contributed by atoms with Crippen molar-refractivity contribution in [2.45, 2.75) is 19.5 Å². The number of aromatic nitrogens is 1. The number of nitrogens with zero attached hydrogens (tertiary/aromatic N) is 3. The van der Waals surface area contributed by atoms with Crippen LogP contribution in [-0.2, 0) is 17.9 Å². The second-order valence-corrected chi connectivity index (χ2v) is 6.53. The molecule has 1 aromatic heterocycles. The number of carbonyl (C=O) groups excluding carboxylic acids is 1. The summed E-state index contributed by atoms with van der Waals surface area (Å²) in [6, 6.07) is 13.0. The van der Waals surface area contributed by atoms with Crippen LogP contribution in [0.4, 0.5) is 0 Å². The number of rotatable bonds is 5. The highest BCUT2D eigenvalue weighted by atomic mass is 16.5. The van der Waals surface area contributed by atoms with E-state index in [-0.39, 0.29) is 18.0 Å². The third kappa shape index (κ3) is 4.73. The van der Waals surface area contributed by atoms with Crippen LogP contribution in [0, 0.1) is 0 Å². The van der Waals surface area contributed by atoms with Gasteiger partial charge < -0.3 is 14.2 Å². The molecule has 1 aromatic carbocycles. The van der Waals surface area contributed by atoms with Crippen molar-refractivity contribution >= 4 is 5.91 Å². The van der Waals surface area contributed by atoms with Crippen LogP contribution in [0.1, 0.15) is 12.0 Å². The predicted molar refractivity (Wildman–Crippen MR) is 100 cm³/mol. The molecule has 138 valence electrons. The summed E-state index contributed by atoms with van der Waals surface area (Å²) in [5.41, 5.74) is 1.10. The van der Waals surface area contributed by atoms with Gasteiger partial charge >= 0.3 is 0 Å². The Morgan fingerprint density at radius 3 is 2.58 bits per heavy atom. The van der Waals surface area contributed by atoms with Crippen molar-refractivity contribution in [3.8, 4) is 5.75 Å². The summed E-state index contributed by atoms with van der Waals surface area (Å²) < 4.78 is 6.66. The van der Waals surface area contributed by atoms with E-state index < -0.39 is 0 Å². The number of hydrogen-bond donors (Lipinski definition) is 0. The van der Waals surface area contributed by atoms with Crippen molar-refractivity contribution in [1.29, 1.82) is 0 Å². The summed E-state index contributed by atoms with van der Waals surface area (Å²) >= 11 is 0. The molecular formula is C20H25N3O3. The molecule has 1 amide bonds. The lowest BCUT2D eigenvalue weighted by atomic mass is 10.2. The summed E-state index contributed by atoms with van der Waals surface area (Å²) in [5, 5.41) is 0. The zero-order valence-electron chi connectivity index (χ0n) is 15.1. The second kappa shape index (κ2) is 8.67. The first-order valence-electron chi connectivity index (χ1n) is 8.94. The fourth-order valence-corrected chi connectivity index (χ4v) is 3.20. The van der Waals surface area contributed by atoms with Crippen LogP contribution >= 0.6 is 0 Å². The van der Waals surface area contributed by atoms with Gasteiger partial charge in [0.05, 0.1) is 7.11 Å². The molecule has 2 heterocycles. The molecule has 0 unspecified atom stereocenters. The van der Waals surface area contributed by atoms with Crippen molar-refractivity contribution in [3.63, 3.8) is 0 Å². The fraction of sp³-hybridized carbons (Fsp3) is 0.400. The van der Waals surface area contributed by atoms with E-state index in [9.17, 15) is 9.59 Å². The van der Waals surface area contributed by atoms with Crippen LogP contribution in [0.5, 0.6) is 5.75 Å². The Morgan fingerprint density at radius 2 is 1.85 bits per heavy atom. The minimum absolute atomic E-state index is 0.00426. The third-order valence-corrected chi connectivity index (χ3v) is 4.71. The molecule has 0 saturated carbocycles. The molecule has 0 atom stereocenters. The molecule has 0 spiro atoms. The van der Waals surface area contributed by atoms with Crippen LogP contribution in [0.2, 0.25) is 0 Å². The summed E-state index contributed by atoms with van der Waals surface area (Å²) in [7, 11) is 1.67. The normalized spacial score (nSPS) is 15.5. The standard InChI is InChI=1S/C20H25N3O3/c1-26-18-8-6-17(7-9-18)15-21-10-4-12-22(14-13-21)20(25)16-23-11-3-2-5-19(23)24/h2-3,5-9,11H,4,10,12-16H2,1H3. The van der Waals surface area contributed by atoms with Crippen molar-refractivity contribution in [3.05, 3.63) is 64.6 Å². The topological polar surface area (TPSA) is 54.8 Å². The van der Waals surface area contributed by atoms with E-state index in [2.05, 4.69) is 17.0 Å². The minimum atomic E-state index is -0.142. The number of hydrogen-bond acceptors (Lipinski definition) is 4. The van der Waals surface area contributed by atoms with Gasteiger partial charge in [0.2, 0.25) is 5.91 Å². The Labute approximate surface area is 153 Å². The van der Waals surface area contributed by atoms with E-state index in [0.717, 1.165) is 38.3 Å². The van der Waals surface area contributed by atoms with Crippen molar-refractivity contribution in [2.24, 2.45) is 0 Å². The van der Waals surface area contributed by atoms with Crippen molar-refractivity contribution in [1.82, 2.24) is 14.4 Å². The number of carbonyl (C=O) groups is 1. The highest BCUT2D eigenvalue weighted by Gasteiger charge is 2.19. The van der Waals surface area contributed by atoms with Crippen LogP contribution in [0.15, 0.2) is 53.5 Å². The maximum atomic E-state index is 12.5. The Bertz CT molecular complexity index is 785. The smallest absolute Gasteiger partial charge is 0.250 e. The molecule has 1 fully saturated rings. The quantitative estimate of drug-likeness (QED) is 0.817. The summed E-state index contributed by atoms with van der Waals surface area (Å²) in [6.07, 6.45) is 2.60. The fourth-order valence-electron chi connectivity index (χ4n) is 3.20. The number of amides is 1. The second-order valence-electron chi connectivity index (χ2n) is 6.53. The van der Waals surface area contributed by atoms with Gasteiger partial charge in [-0.05, 0) is 30.2 Å². The molecule has 1 saturated heterocycles. The van der Waals surface area contributed by atoms with Gasteiger partial charge in [0.25, 0.3) is 5.56 Å². The number of ether oxygens (including phenoxy) is 1. The van der Waals surface area contributed by atoms with Gasteiger partial charge in [-0.2, -0.15) is 0 Å². The lowest BCUT2D eigenvalue weighted by Crippen LogP contribution is -2.38. The highest BCUT2D eigenvalue weighted by Crippen LogP contribution is 2.14. The lowest BCUT2D eigenvalue weighted by molar-refractivity contribution is -0.131. The van der Waals surface area contributed by atoms with E-state index in [1.807, 2.05) is 17.0 Å². The molecule has 6 nitrogen and oxygen atoms in total. The highest BCUT2D eigenvalue weighted by molar-refractivity contribution is 5.76. The van der Waals surface area contributed by atoms with Gasteiger partial charge in [-0.1, -0.05) is 18.2 Å². The average Bonchev–Trinajstić information content (AvgIpc) is 2.90. The van der Waals surface area contributed by atoms with Gasteiger partial charge in [-0.15, -0.1) is 0 Å². The van der Waals surface area contributed by atoms with Gasteiger partial charge in [0, 0.05) is 45.0 Å². The zero-order chi connectivity index (χ0) is 18.4. The molecule has 0 radical (unpaired) electrons. The summed E-state index contributed by atoms with van der Waals surface area (Å²) in [5.74, 6) is 0.863. The lowest BCUT2D eigenvalue weighted by Gasteiger charge is -2.22. The Hall–Kier alpha value is -2.60. The van der Waals surface area contributed by atoms with Crippen LogP contribution in [0.3, 0.4) is 0 Å². The Balaban J connectivity index is 1.54. The van der Waals surface area contributed by atoms with Gasteiger partial charge in [0.1, 0.15) is 12.3 Å². The van der Waals surface area contributed by atoms with Crippen LogP contribution < -0.4 is 10.3 Å². The zero-order valence-corrected chi connectivity index (χ0v) is 15.1. The first-order valence-corrected chi connectivity index (χ1v) is 8.94. The number of benzene rings is 1. The van der Waals surface area contributed by atoms with Crippen LogP contribution in [-0.4, -0.2) is 53.6 Å². The van der Waals surface area contributed by atoms with E-state index in [4.69, 9.17) is 4.74 Å². The summed E-state index contributed by atoms with van der Waals surface area (Å²) in [6.45, 7) is 4.20. The van der Waals surface area contributed by atoms with Gasteiger partial charge in [0.15, 0.2) is 0 Å². The Morgan fingerprint density at radius 1 is 1.04 bits per heavy atom. The molecule has 1 aliphatic rings. The molecular weight excluding hydrogens is 330 g/mol. The molecule has 0 aliphatic carbocycles. The number of methoxy groups -OCH3 is 1. The van der Waals surface area contributed by atoms with Gasteiger partial charge in [-0.3, -0.25) is 14.5 Å². The monoisotopic (exact) mass is 355 g/mol. The summed E-state index contributed by atoms with van der Waals surface area (Å²) in [4.78, 5) is 28.6. The van der Waals surface area contributed by atoms with Crippen LogP contribution in [0.25, 0.3) is 0 Å². The molecule has 0 bridgehead atoms. The van der Waals surface area contributed by atoms with Gasteiger partial charge in [-0.25, -0.2) is 0 Å². The maximum Gasteiger partial charge on any atom is 0.250 e. The molecule has 3 rings (SSSR count). The van der Waals surface area contributed by atoms with E-state index >= 15 is 0 Å². The van der Waals surface area contributed by atoms with E-state index in [1.54, 1.807) is 25.4 Å². The molecule has 6 heteroatoms. The first kappa shape index (κ1) is 18.2. The largest absolute Gasteiger partial charge is 0.497 e. The Kier molecular flexibility index (Phi) is 6.07. The van der Waals surface area contributed by atoms with E-state index in [1.165, 1.54) is 16.2 Å². The minimum Gasteiger partial charge on any atom is -0.497 e. The third-order valence-electron chi connectivity index (χ3n) is 4.71. The SMILES string of the molecule is COc1ccc(CN2CCCN(C(=O)Cn3ccccc3=O)CC2)cc1. The molecule has 2 aromatic rings. The molecule has 1 aliphatic heterocycles. The average molecular weight is 355 g/mol. The predicted octanol–water partition coefficient (Wildman–Crippen LogP) is 1.59. The first-order chi connectivity index (χ1) is 12.7. The molecule has 26 heavy (non-hydrogen) atoms. The van der Waals surface area contributed by atoms with E-state index in [0.29, 0.717) is 6.54 Å². The number of pyridine rings is 1. The van der Waals surface area contributed by atoms with Crippen molar-refractivity contribution in [2.75, 3.05) is 33.3 Å².